The van der Waals surface area contributed by atoms with E-state index >= 15 is 0 Å². The van der Waals surface area contributed by atoms with Gasteiger partial charge in [-0.1, -0.05) is 60.7 Å². The zero-order valence-corrected chi connectivity index (χ0v) is 13.6. The third-order valence-corrected chi connectivity index (χ3v) is 3.37. The molecule has 0 spiro atoms. The molecule has 0 atom stereocenters. The Kier molecular flexibility index (Phi) is 5.31. The predicted octanol–water partition coefficient (Wildman–Crippen LogP) is 1.94. The Balaban J connectivity index is 0.000000433. The molecule has 0 bridgehead atoms. The molecule has 0 radical (unpaired) electrons. The Morgan fingerprint density at radius 1 is 0.957 bits per heavy atom. The number of carboxylic acid groups (broad SMARTS) is 1. The first kappa shape index (κ1) is 16.5. The number of nitrogens with zero attached hydrogens (tertiary/aromatic N) is 2. The molecule has 0 saturated heterocycles. The number of carbonyl (C=O) groups excluding carboxylic acids is 1. The highest BCUT2D eigenvalue weighted by atomic mass is 16.4. The van der Waals surface area contributed by atoms with Crippen molar-refractivity contribution in [2.45, 2.75) is 6.92 Å². The van der Waals surface area contributed by atoms with Crippen molar-refractivity contribution in [3.05, 3.63) is 67.0 Å². The molecule has 1 heterocycles. The van der Waals surface area contributed by atoms with E-state index in [2.05, 4.69) is 90.2 Å². The van der Waals surface area contributed by atoms with Crippen LogP contribution in [0.4, 0.5) is 0 Å². The maximum Gasteiger partial charge on any atom is 0.244 e. The summed E-state index contributed by atoms with van der Waals surface area (Å²) in [5.41, 5.74) is 4.97. The maximum absolute atomic E-state index is 8.89. The highest BCUT2D eigenvalue weighted by Gasteiger charge is 2.21. The summed E-state index contributed by atoms with van der Waals surface area (Å²) in [6, 6.07) is 21.0. The molecule has 0 saturated carbocycles. The second kappa shape index (κ2) is 7.40. The summed E-state index contributed by atoms with van der Waals surface area (Å²) in [4.78, 5) is 8.89. The topological polar surface area (TPSA) is 48.9 Å². The molecule has 1 aromatic heterocycles. The molecule has 0 aliphatic heterocycles. The van der Waals surface area contributed by atoms with Gasteiger partial charge in [-0.05, 0) is 6.92 Å². The lowest BCUT2D eigenvalue weighted by Crippen LogP contribution is -2.27. The van der Waals surface area contributed by atoms with Crippen molar-refractivity contribution < 1.29 is 14.5 Å². The summed E-state index contributed by atoms with van der Waals surface area (Å²) in [7, 11) is 4.18. The molecule has 0 N–H and O–H groups in total. The van der Waals surface area contributed by atoms with E-state index in [0.717, 1.165) is 6.92 Å². The monoisotopic (exact) mass is 308 g/mol. The van der Waals surface area contributed by atoms with Crippen LogP contribution in [0.15, 0.2) is 67.0 Å². The van der Waals surface area contributed by atoms with Gasteiger partial charge in [-0.3, -0.25) is 0 Å². The predicted molar refractivity (Wildman–Crippen MR) is 88.1 cm³/mol. The molecule has 4 heteroatoms. The minimum absolute atomic E-state index is 0.972. The number of benzene rings is 2. The quantitative estimate of drug-likeness (QED) is 0.679. The van der Waals surface area contributed by atoms with Gasteiger partial charge >= 0.3 is 0 Å². The van der Waals surface area contributed by atoms with Gasteiger partial charge < -0.3 is 9.90 Å². The Hall–Kier alpha value is -2.88. The number of aryl methyl sites for hydroxylation is 2. The lowest BCUT2D eigenvalue weighted by atomic mass is 10.0. The molecule has 0 aliphatic rings. The molecular weight excluding hydrogens is 288 g/mol. The molecule has 3 rings (SSSR count). The third kappa shape index (κ3) is 4.07. The fourth-order valence-corrected chi connectivity index (χ4v) is 2.58. The standard InChI is InChI=1S/C17H17N2.C2H4O2/c1-18-13-19(2)17(15-11-7-4-8-12-15)16(18)14-9-5-3-6-10-14;1-2(3)4/h3-13H,1-2H3;1H3,(H,3,4)/q+1;/p-1. The number of rotatable bonds is 2. The van der Waals surface area contributed by atoms with E-state index in [1.165, 1.54) is 22.5 Å². The van der Waals surface area contributed by atoms with Gasteiger partial charge in [0.1, 0.15) is 0 Å². The number of hydrogen-bond donors (Lipinski definition) is 0. The van der Waals surface area contributed by atoms with Crippen molar-refractivity contribution in [2.24, 2.45) is 14.1 Å². The Bertz CT molecular complexity index is 714. The fraction of sp³-hybridized carbons (Fsp3) is 0.158. The average Bonchev–Trinajstić information content (AvgIpc) is 2.83. The third-order valence-electron chi connectivity index (χ3n) is 3.37. The van der Waals surface area contributed by atoms with E-state index in [1.54, 1.807) is 0 Å². The molecule has 2 aromatic carbocycles. The average molecular weight is 308 g/mol. The van der Waals surface area contributed by atoms with E-state index in [1.807, 2.05) is 0 Å². The normalized spacial score (nSPS) is 9.87. The van der Waals surface area contributed by atoms with Gasteiger partial charge in [0.05, 0.1) is 14.1 Å². The molecule has 4 nitrogen and oxygen atoms in total. The van der Waals surface area contributed by atoms with Crippen LogP contribution in [0.1, 0.15) is 6.92 Å². The molecule has 0 unspecified atom stereocenters. The SMILES string of the molecule is CC(=O)[O-].Cn1c[n+](C)c(-c2ccccc2)c1-c1ccccc1. The van der Waals surface area contributed by atoms with E-state index in [0.29, 0.717) is 0 Å². The van der Waals surface area contributed by atoms with Gasteiger partial charge in [-0.2, -0.15) is 0 Å². The second-order valence-electron chi connectivity index (χ2n) is 5.26. The summed E-state index contributed by atoms with van der Waals surface area (Å²) in [5, 5.41) is 8.89. The van der Waals surface area contributed by atoms with Crippen LogP contribution in [-0.4, -0.2) is 10.5 Å². The largest absolute Gasteiger partial charge is 0.550 e. The number of imidazole rings is 1. The van der Waals surface area contributed by atoms with Gasteiger partial charge in [-0.15, -0.1) is 0 Å². The Labute approximate surface area is 136 Å². The van der Waals surface area contributed by atoms with Gasteiger partial charge in [0, 0.05) is 17.1 Å². The van der Waals surface area contributed by atoms with E-state index in [4.69, 9.17) is 9.90 Å². The van der Waals surface area contributed by atoms with Gasteiger partial charge in [-0.25, -0.2) is 9.13 Å². The maximum atomic E-state index is 8.89. The summed E-state index contributed by atoms with van der Waals surface area (Å²) in [6.07, 6.45) is 2.12. The zero-order valence-electron chi connectivity index (χ0n) is 13.6. The lowest BCUT2D eigenvalue weighted by molar-refractivity contribution is -0.660. The van der Waals surface area contributed by atoms with Crippen LogP contribution in [-0.2, 0) is 18.9 Å². The molecule has 3 aromatic rings. The van der Waals surface area contributed by atoms with Crippen LogP contribution < -0.4 is 9.67 Å². The van der Waals surface area contributed by atoms with Gasteiger partial charge in [0.2, 0.25) is 6.33 Å². The van der Waals surface area contributed by atoms with Crippen molar-refractivity contribution in [1.82, 2.24) is 4.57 Å². The van der Waals surface area contributed by atoms with Crippen molar-refractivity contribution in [1.29, 1.82) is 0 Å². The highest BCUT2D eigenvalue weighted by molar-refractivity contribution is 5.76. The summed E-state index contributed by atoms with van der Waals surface area (Å²) in [5.74, 6) is -1.08. The van der Waals surface area contributed by atoms with Crippen LogP contribution in [0.2, 0.25) is 0 Å². The summed E-state index contributed by atoms with van der Waals surface area (Å²) in [6.45, 7) is 0.972. The molecular formula is C19H20N2O2. The molecule has 0 aliphatic carbocycles. The first-order valence-corrected chi connectivity index (χ1v) is 7.34. The summed E-state index contributed by atoms with van der Waals surface area (Å²) >= 11 is 0. The molecule has 23 heavy (non-hydrogen) atoms. The molecule has 0 amide bonds. The van der Waals surface area contributed by atoms with Crippen LogP contribution in [0.3, 0.4) is 0 Å². The number of carbonyl (C=O) groups is 1. The van der Waals surface area contributed by atoms with Crippen LogP contribution in [0, 0.1) is 0 Å². The number of aliphatic carboxylic acids is 1. The second-order valence-corrected chi connectivity index (χ2v) is 5.26. The van der Waals surface area contributed by atoms with E-state index in [-0.39, 0.29) is 0 Å². The smallest absolute Gasteiger partial charge is 0.244 e. The van der Waals surface area contributed by atoms with Crippen molar-refractivity contribution in [3.63, 3.8) is 0 Å². The van der Waals surface area contributed by atoms with Crippen LogP contribution in [0.25, 0.3) is 22.5 Å². The number of hydrogen-bond acceptors (Lipinski definition) is 2. The molecule has 118 valence electrons. The summed E-state index contributed by atoms with van der Waals surface area (Å²) < 4.78 is 4.36. The number of carboxylic acids is 1. The Morgan fingerprint density at radius 3 is 1.87 bits per heavy atom. The van der Waals surface area contributed by atoms with Gasteiger partial charge in [0.25, 0.3) is 0 Å². The van der Waals surface area contributed by atoms with Crippen LogP contribution >= 0.6 is 0 Å². The first-order valence-electron chi connectivity index (χ1n) is 7.34. The van der Waals surface area contributed by atoms with Crippen molar-refractivity contribution in [3.8, 4) is 22.5 Å². The minimum Gasteiger partial charge on any atom is -0.550 e. The van der Waals surface area contributed by atoms with Gasteiger partial charge in [0.15, 0.2) is 11.4 Å². The minimum atomic E-state index is -1.08. The van der Waals surface area contributed by atoms with Crippen molar-refractivity contribution >= 4 is 5.97 Å². The molecule has 0 fully saturated rings. The highest BCUT2D eigenvalue weighted by Crippen LogP contribution is 2.28. The number of aromatic nitrogens is 2. The zero-order chi connectivity index (χ0) is 16.8. The lowest BCUT2D eigenvalue weighted by Gasteiger charge is -2.02. The van der Waals surface area contributed by atoms with E-state index < -0.39 is 5.97 Å². The first-order chi connectivity index (χ1) is 11.0. The van der Waals surface area contributed by atoms with E-state index in [9.17, 15) is 0 Å². The van der Waals surface area contributed by atoms with Crippen molar-refractivity contribution in [2.75, 3.05) is 0 Å². The fourth-order valence-electron chi connectivity index (χ4n) is 2.58. The Morgan fingerprint density at radius 2 is 1.39 bits per heavy atom. The van der Waals surface area contributed by atoms with Crippen LogP contribution in [0.5, 0.6) is 0 Å².